The average Bonchev–Trinajstić information content (AvgIpc) is 3.13. The van der Waals surface area contributed by atoms with Gasteiger partial charge < -0.3 is 10.1 Å². The fourth-order valence-corrected chi connectivity index (χ4v) is 2.10. The maximum absolute atomic E-state index is 11.3. The molecule has 0 saturated carbocycles. The number of methoxy groups -OCH3 is 1. The van der Waals surface area contributed by atoms with Gasteiger partial charge in [-0.25, -0.2) is 9.48 Å². The maximum atomic E-state index is 11.3. The van der Waals surface area contributed by atoms with Crippen LogP contribution >= 0.6 is 0 Å². The van der Waals surface area contributed by atoms with Gasteiger partial charge in [-0.15, -0.1) is 15.3 Å². The van der Waals surface area contributed by atoms with Gasteiger partial charge >= 0.3 is 5.97 Å². The maximum Gasteiger partial charge on any atom is 0.358 e. The molecule has 0 amide bonds. The zero-order valence-corrected chi connectivity index (χ0v) is 13.2. The standard InChI is InChI=1S/C16H16N6O2/c1-11(17-15-9-8-13(18-20-15)16(23)24-2)14-10-22(21-19-14)12-6-4-3-5-7-12/h3-11H,1-2H3,(H,17,20). The van der Waals surface area contributed by atoms with Crippen LogP contribution in [0.4, 0.5) is 5.82 Å². The van der Waals surface area contributed by atoms with Gasteiger partial charge in [0.15, 0.2) is 5.69 Å². The second-order valence-electron chi connectivity index (χ2n) is 5.08. The SMILES string of the molecule is COC(=O)c1ccc(NC(C)c2cn(-c3ccccc3)nn2)nn1. The summed E-state index contributed by atoms with van der Waals surface area (Å²) in [7, 11) is 1.30. The number of ether oxygens (including phenoxy) is 1. The molecule has 3 aromatic rings. The molecule has 8 heteroatoms. The fourth-order valence-electron chi connectivity index (χ4n) is 2.10. The van der Waals surface area contributed by atoms with Crippen LogP contribution in [0.25, 0.3) is 5.69 Å². The van der Waals surface area contributed by atoms with Crippen molar-refractivity contribution in [3.05, 3.63) is 60.0 Å². The first-order chi connectivity index (χ1) is 11.7. The molecule has 2 aromatic heterocycles. The number of nitrogens with one attached hydrogen (secondary N) is 1. The van der Waals surface area contributed by atoms with Gasteiger partial charge in [-0.05, 0) is 31.2 Å². The van der Waals surface area contributed by atoms with Gasteiger partial charge in [0.2, 0.25) is 0 Å². The zero-order chi connectivity index (χ0) is 16.9. The Morgan fingerprint density at radius 1 is 1.12 bits per heavy atom. The van der Waals surface area contributed by atoms with Crippen molar-refractivity contribution < 1.29 is 9.53 Å². The van der Waals surface area contributed by atoms with E-state index in [0.29, 0.717) is 5.82 Å². The van der Waals surface area contributed by atoms with E-state index in [1.165, 1.54) is 7.11 Å². The summed E-state index contributed by atoms with van der Waals surface area (Å²) >= 11 is 0. The molecule has 1 unspecified atom stereocenters. The zero-order valence-electron chi connectivity index (χ0n) is 13.2. The van der Waals surface area contributed by atoms with Gasteiger partial charge in [0.25, 0.3) is 0 Å². The minimum atomic E-state index is -0.520. The summed E-state index contributed by atoms with van der Waals surface area (Å²) in [4.78, 5) is 11.3. The number of esters is 1. The van der Waals surface area contributed by atoms with E-state index in [9.17, 15) is 4.79 Å². The molecular formula is C16H16N6O2. The van der Waals surface area contributed by atoms with Crippen molar-refractivity contribution >= 4 is 11.8 Å². The number of carbonyl (C=O) groups is 1. The van der Waals surface area contributed by atoms with E-state index in [2.05, 4.69) is 30.6 Å². The third-order valence-corrected chi connectivity index (χ3v) is 3.40. The molecule has 122 valence electrons. The van der Waals surface area contributed by atoms with E-state index in [1.54, 1.807) is 16.8 Å². The van der Waals surface area contributed by atoms with Gasteiger partial charge in [-0.3, -0.25) is 0 Å². The van der Waals surface area contributed by atoms with Crippen LogP contribution in [0.2, 0.25) is 0 Å². The first-order valence-corrected chi connectivity index (χ1v) is 7.33. The lowest BCUT2D eigenvalue weighted by Crippen LogP contribution is -2.11. The lowest BCUT2D eigenvalue weighted by Gasteiger charge is -2.10. The highest BCUT2D eigenvalue weighted by Crippen LogP contribution is 2.16. The van der Waals surface area contributed by atoms with Crippen LogP contribution in [0.15, 0.2) is 48.7 Å². The van der Waals surface area contributed by atoms with Crippen molar-refractivity contribution in [1.29, 1.82) is 0 Å². The monoisotopic (exact) mass is 324 g/mol. The van der Waals surface area contributed by atoms with Gasteiger partial charge in [0.05, 0.1) is 25.0 Å². The Bertz CT molecular complexity index is 816. The summed E-state index contributed by atoms with van der Waals surface area (Å²) in [5, 5.41) is 19.3. The van der Waals surface area contributed by atoms with Crippen LogP contribution in [0.1, 0.15) is 29.1 Å². The van der Waals surface area contributed by atoms with Crippen molar-refractivity contribution in [3.63, 3.8) is 0 Å². The lowest BCUT2D eigenvalue weighted by molar-refractivity contribution is 0.0593. The summed E-state index contributed by atoms with van der Waals surface area (Å²) < 4.78 is 6.30. The smallest absolute Gasteiger partial charge is 0.358 e. The number of hydrogen-bond donors (Lipinski definition) is 1. The van der Waals surface area contributed by atoms with E-state index in [0.717, 1.165) is 11.4 Å². The van der Waals surface area contributed by atoms with Crippen LogP contribution in [0, 0.1) is 0 Å². The van der Waals surface area contributed by atoms with E-state index in [-0.39, 0.29) is 11.7 Å². The van der Waals surface area contributed by atoms with Crippen LogP contribution in [0.3, 0.4) is 0 Å². The van der Waals surface area contributed by atoms with Crippen molar-refractivity contribution in [1.82, 2.24) is 25.2 Å². The number of aromatic nitrogens is 5. The molecule has 0 spiro atoms. The number of hydrogen-bond acceptors (Lipinski definition) is 7. The average molecular weight is 324 g/mol. The van der Waals surface area contributed by atoms with Crippen molar-refractivity contribution in [2.75, 3.05) is 12.4 Å². The number of rotatable bonds is 5. The quantitative estimate of drug-likeness (QED) is 0.717. The number of nitrogens with zero attached hydrogens (tertiary/aromatic N) is 5. The minimum absolute atomic E-state index is 0.124. The van der Waals surface area contributed by atoms with E-state index < -0.39 is 5.97 Å². The molecule has 1 aromatic carbocycles. The summed E-state index contributed by atoms with van der Waals surface area (Å²) in [5.74, 6) is 0.0114. The number of benzene rings is 1. The largest absolute Gasteiger partial charge is 0.464 e. The molecule has 0 aliphatic heterocycles. The molecular weight excluding hydrogens is 308 g/mol. The Kier molecular flexibility index (Phi) is 4.46. The van der Waals surface area contributed by atoms with Crippen molar-refractivity contribution in [2.45, 2.75) is 13.0 Å². The van der Waals surface area contributed by atoms with Crippen LogP contribution in [-0.4, -0.2) is 38.3 Å². The molecule has 0 radical (unpaired) electrons. The van der Waals surface area contributed by atoms with Gasteiger partial charge in [-0.1, -0.05) is 23.4 Å². The Morgan fingerprint density at radius 2 is 1.92 bits per heavy atom. The molecule has 0 aliphatic carbocycles. The normalized spacial score (nSPS) is 11.8. The van der Waals surface area contributed by atoms with Crippen LogP contribution in [-0.2, 0) is 4.74 Å². The van der Waals surface area contributed by atoms with E-state index >= 15 is 0 Å². The Morgan fingerprint density at radius 3 is 2.58 bits per heavy atom. The predicted octanol–water partition coefficient (Wildman–Crippen LogP) is 2.02. The van der Waals surface area contributed by atoms with Gasteiger partial charge in [0, 0.05) is 0 Å². The predicted molar refractivity (Wildman–Crippen MR) is 86.8 cm³/mol. The van der Waals surface area contributed by atoms with Crippen molar-refractivity contribution in [2.24, 2.45) is 0 Å². The summed E-state index contributed by atoms with van der Waals surface area (Å²) in [6, 6.07) is 12.8. The summed E-state index contributed by atoms with van der Waals surface area (Å²) in [5.41, 5.74) is 1.86. The Labute approximate surface area is 138 Å². The molecule has 0 bridgehead atoms. The molecule has 2 heterocycles. The second-order valence-corrected chi connectivity index (χ2v) is 5.08. The first kappa shape index (κ1) is 15.6. The summed E-state index contributed by atoms with van der Waals surface area (Å²) in [6.45, 7) is 1.94. The number of para-hydroxylation sites is 1. The Hall–Kier alpha value is -3.29. The topological polar surface area (TPSA) is 94.8 Å². The second kappa shape index (κ2) is 6.86. The van der Waals surface area contributed by atoms with E-state index in [1.807, 2.05) is 43.5 Å². The molecule has 1 N–H and O–H groups in total. The highest BCUT2D eigenvalue weighted by molar-refractivity contribution is 5.86. The molecule has 3 rings (SSSR count). The molecule has 24 heavy (non-hydrogen) atoms. The van der Waals surface area contributed by atoms with Crippen LogP contribution in [0.5, 0.6) is 0 Å². The van der Waals surface area contributed by atoms with E-state index in [4.69, 9.17) is 0 Å². The molecule has 0 aliphatic rings. The Balaban J connectivity index is 1.70. The number of carbonyl (C=O) groups excluding carboxylic acids is 1. The highest BCUT2D eigenvalue weighted by atomic mass is 16.5. The number of anilines is 1. The lowest BCUT2D eigenvalue weighted by atomic mass is 10.2. The molecule has 1 atom stereocenters. The van der Waals surface area contributed by atoms with Gasteiger partial charge in [0.1, 0.15) is 11.5 Å². The molecule has 0 saturated heterocycles. The highest BCUT2D eigenvalue weighted by Gasteiger charge is 2.13. The van der Waals surface area contributed by atoms with Gasteiger partial charge in [-0.2, -0.15) is 0 Å². The van der Waals surface area contributed by atoms with Crippen molar-refractivity contribution in [3.8, 4) is 5.69 Å². The minimum Gasteiger partial charge on any atom is -0.464 e. The summed E-state index contributed by atoms with van der Waals surface area (Å²) in [6.07, 6.45) is 1.85. The first-order valence-electron chi connectivity index (χ1n) is 7.33. The third kappa shape index (κ3) is 3.37. The molecule has 8 nitrogen and oxygen atoms in total. The molecule has 0 fully saturated rings. The fraction of sp³-hybridized carbons (Fsp3) is 0.188. The van der Waals surface area contributed by atoms with Crippen LogP contribution < -0.4 is 5.32 Å². The third-order valence-electron chi connectivity index (χ3n) is 3.40.